The molecule has 4 N–H and O–H groups in total. The van der Waals surface area contributed by atoms with Crippen LogP contribution in [0.15, 0.2) is 35.0 Å². The number of benzene rings is 1. The summed E-state index contributed by atoms with van der Waals surface area (Å²) in [6.07, 6.45) is 1.38. The molecule has 4 unspecified atom stereocenters. The van der Waals surface area contributed by atoms with Crippen molar-refractivity contribution in [2.45, 2.75) is 71.7 Å². The van der Waals surface area contributed by atoms with Crippen LogP contribution in [0.2, 0.25) is 0 Å². The first kappa shape index (κ1) is 30.5. The summed E-state index contributed by atoms with van der Waals surface area (Å²) in [5.74, 6) is -1.16. The Balaban J connectivity index is 2.24. The van der Waals surface area contributed by atoms with E-state index in [0.717, 1.165) is 16.2 Å². The van der Waals surface area contributed by atoms with Gasteiger partial charge in [0.1, 0.15) is 12.1 Å². The van der Waals surface area contributed by atoms with Crippen molar-refractivity contribution in [2.24, 2.45) is 10.4 Å². The number of thioether (sulfide) groups is 1. The molecule has 10 heteroatoms. The number of carbonyl (C=O) groups is 3. The maximum absolute atomic E-state index is 13.5. The molecule has 3 amide bonds. The van der Waals surface area contributed by atoms with Crippen LogP contribution in [-0.2, 0) is 14.4 Å². The Morgan fingerprint density at radius 2 is 1.84 bits per heavy atom. The highest BCUT2D eigenvalue weighted by atomic mass is 32.2. The first-order chi connectivity index (χ1) is 17.4. The van der Waals surface area contributed by atoms with Crippen LogP contribution in [0.5, 0.6) is 0 Å². The summed E-state index contributed by atoms with van der Waals surface area (Å²) in [6, 6.07) is 4.96. The molecule has 1 fully saturated rings. The lowest BCUT2D eigenvalue weighted by molar-refractivity contribution is -0.144. The molecule has 1 aliphatic heterocycles. The second-order valence-electron chi connectivity index (χ2n) is 10.3. The van der Waals surface area contributed by atoms with E-state index in [1.165, 1.54) is 4.90 Å². The molecular formula is C27H40N4O5S. The van der Waals surface area contributed by atoms with E-state index < -0.39 is 41.5 Å². The third-order valence-electron chi connectivity index (χ3n) is 6.45. The summed E-state index contributed by atoms with van der Waals surface area (Å²) in [7, 11) is 0. The summed E-state index contributed by atoms with van der Waals surface area (Å²) in [4.78, 5) is 45.2. The van der Waals surface area contributed by atoms with Crippen LogP contribution < -0.4 is 10.6 Å². The number of hydrogen-bond donors (Lipinski definition) is 4. The fraction of sp³-hybridized carbons (Fsp3) is 0.556. The Morgan fingerprint density at radius 1 is 1.22 bits per heavy atom. The fourth-order valence-corrected chi connectivity index (χ4v) is 5.03. The quantitative estimate of drug-likeness (QED) is 0.343. The van der Waals surface area contributed by atoms with Crippen LogP contribution in [0.25, 0.3) is 4.91 Å². The largest absolute Gasteiger partial charge is 0.394 e. The lowest BCUT2D eigenvalue weighted by Gasteiger charge is -2.35. The number of nitrogens with zero attached hydrogens (tertiary/aromatic N) is 2. The van der Waals surface area contributed by atoms with Gasteiger partial charge < -0.3 is 25.7 Å². The van der Waals surface area contributed by atoms with Gasteiger partial charge in [0.05, 0.1) is 24.4 Å². The predicted molar refractivity (Wildman–Crippen MR) is 148 cm³/mol. The number of carbonyl (C=O) groups excluding carboxylic acids is 3. The van der Waals surface area contributed by atoms with Gasteiger partial charge in [-0.1, -0.05) is 52.0 Å². The van der Waals surface area contributed by atoms with Crippen LogP contribution in [0, 0.1) is 5.41 Å². The average molecular weight is 533 g/mol. The summed E-state index contributed by atoms with van der Waals surface area (Å²) in [6.45, 7) is 12.3. The minimum absolute atomic E-state index is 0.00945. The van der Waals surface area contributed by atoms with Crippen molar-refractivity contribution in [3.8, 4) is 0 Å². The minimum atomic E-state index is -0.924. The first-order valence-corrected chi connectivity index (χ1v) is 13.6. The number of allylic oxidation sites excluding steroid dienone is 1. The molecule has 204 valence electrons. The molecule has 1 aromatic rings. The normalized spacial score (nSPS) is 20.1. The van der Waals surface area contributed by atoms with Gasteiger partial charge in [-0.15, -0.1) is 11.8 Å². The molecule has 0 aliphatic carbocycles. The van der Waals surface area contributed by atoms with E-state index >= 15 is 0 Å². The van der Waals surface area contributed by atoms with E-state index in [2.05, 4.69) is 22.3 Å². The van der Waals surface area contributed by atoms with Gasteiger partial charge in [-0.25, -0.2) is 0 Å². The Bertz CT molecular complexity index is 1020. The fourth-order valence-electron chi connectivity index (χ4n) is 4.30. The third-order valence-corrected chi connectivity index (χ3v) is 7.39. The zero-order valence-electron chi connectivity index (χ0n) is 22.6. The van der Waals surface area contributed by atoms with E-state index in [9.17, 15) is 24.6 Å². The molecule has 0 radical (unpaired) electrons. The molecule has 1 heterocycles. The number of amides is 3. The van der Waals surface area contributed by atoms with Crippen LogP contribution in [0.4, 0.5) is 0 Å². The average Bonchev–Trinajstić information content (AvgIpc) is 3.27. The molecule has 0 bridgehead atoms. The highest BCUT2D eigenvalue weighted by Crippen LogP contribution is 2.30. The lowest BCUT2D eigenvalue weighted by atomic mass is 9.85. The van der Waals surface area contributed by atoms with E-state index in [-0.39, 0.29) is 31.9 Å². The minimum Gasteiger partial charge on any atom is -0.394 e. The van der Waals surface area contributed by atoms with Crippen molar-refractivity contribution in [3.63, 3.8) is 0 Å². The molecule has 1 aromatic carbocycles. The van der Waals surface area contributed by atoms with Gasteiger partial charge in [-0.05, 0) is 36.4 Å². The second kappa shape index (κ2) is 13.2. The molecule has 2 rings (SSSR count). The SMILES string of the molecule is C=N/C(C)=C(\SC)c1ccc(C(CO)NC(=O)C2CC(O)CN2C(=O)C(NC(=O)CC)C(C)(C)C)cc1. The summed E-state index contributed by atoms with van der Waals surface area (Å²) in [5.41, 5.74) is 1.85. The number of rotatable bonds is 10. The Morgan fingerprint density at radius 3 is 2.32 bits per heavy atom. The van der Waals surface area contributed by atoms with Crippen molar-refractivity contribution in [1.29, 1.82) is 0 Å². The number of likely N-dealkylation sites (tertiary alicyclic amines) is 1. The maximum Gasteiger partial charge on any atom is 0.246 e. The topological polar surface area (TPSA) is 131 Å². The summed E-state index contributed by atoms with van der Waals surface area (Å²) in [5, 5.41) is 26.0. The molecule has 9 nitrogen and oxygen atoms in total. The molecular weight excluding hydrogens is 492 g/mol. The van der Waals surface area contributed by atoms with Gasteiger partial charge in [-0.3, -0.25) is 19.4 Å². The van der Waals surface area contributed by atoms with Gasteiger partial charge >= 0.3 is 0 Å². The lowest BCUT2D eigenvalue weighted by Crippen LogP contribution is -2.57. The zero-order valence-corrected chi connectivity index (χ0v) is 23.4. The van der Waals surface area contributed by atoms with Crippen molar-refractivity contribution >= 4 is 41.1 Å². The number of β-amino-alcohol motifs (C(OH)–C–C–N with tert-alkyl or cyclic N) is 1. The first-order valence-electron chi connectivity index (χ1n) is 12.4. The van der Waals surface area contributed by atoms with E-state index in [1.807, 2.05) is 58.2 Å². The van der Waals surface area contributed by atoms with E-state index in [4.69, 9.17) is 0 Å². The molecule has 1 aliphatic rings. The molecule has 37 heavy (non-hydrogen) atoms. The van der Waals surface area contributed by atoms with E-state index in [1.54, 1.807) is 18.7 Å². The van der Waals surface area contributed by atoms with Gasteiger partial charge in [0.15, 0.2) is 0 Å². The number of nitrogens with one attached hydrogen (secondary N) is 2. The number of aliphatic hydroxyl groups excluding tert-OH is 2. The maximum atomic E-state index is 13.5. The highest BCUT2D eigenvalue weighted by Gasteiger charge is 2.44. The number of hydrogen-bond acceptors (Lipinski definition) is 7. The standard InChI is InChI=1S/C27H40N4O5S/c1-8-22(34)30-24(27(3,4)5)26(36)31-14-19(33)13-21(31)25(35)29-20(15-32)17-9-11-18(12-10-17)23(37-7)16(2)28-6/h9-12,19-21,24,32-33H,6,8,13-15H2,1-5,7H3,(H,29,35)(H,30,34)/b23-16-. The Labute approximate surface area is 223 Å². The number of aliphatic imine (C=N–C) groups is 1. The van der Waals surface area contributed by atoms with Crippen LogP contribution >= 0.6 is 11.8 Å². The van der Waals surface area contributed by atoms with Crippen molar-refractivity contribution in [1.82, 2.24) is 15.5 Å². The van der Waals surface area contributed by atoms with Gasteiger partial charge in [0.2, 0.25) is 17.7 Å². The van der Waals surface area contributed by atoms with Gasteiger partial charge in [0.25, 0.3) is 0 Å². The zero-order chi connectivity index (χ0) is 27.9. The molecule has 0 aromatic heterocycles. The van der Waals surface area contributed by atoms with Crippen molar-refractivity contribution in [3.05, 3.63) is 41.1 Å². The Kier molecular flexibility index (Phi) is 10.9. The number of aliphatic hydroxyl groups is 2. The smallest absolute Gasteiger partial charge is 0.246 e. The van der Waals surface area contributed by atoms with Crippen LogP contribution in [-0.4, -0.2) is 77.1 Å². The molecule has 0 saturated carbocycles. The molecule has 4 atom stereocenters. The third kappa shape index (κ3) is 7.66. The van der Waals surface area contributed by atoms with Gasteiger partial charge in [0, 0.05) is 24.3 Å². The van der Waals surface area contributed by atoms with E-state index in [0.29, 0.717) is 5.56 Å². The van der Waals surface area contributed by atoms with Crippen LogP contribution in [0.3, 0.4) is 0 Å². The van der Waals surface area contributed by atoms with Crippen LogP contribution in [0.1, 0.15) is 64.6 Å². The molecule has 0 spiro atoms. The van der Waals surface area contributed by atoms with Crippen molar-refractivity contribution in [2.75, 3.05) is 19.4 Å². The Hall–Kier alpha value is -2.69. The van der Waals surface area contributed by atoms with Crippen molar-refractivity contribution < 1.29 is 24.6 Å². The predicted octanol–water partition coefficient (Wildman–Crippen LogP) is 2.49. The highest BCUT2D eigenvalue weighted by molar-refractivity contribution is 8.07. The monoisotopic (exact) mass is 532 g/mol. The summed E-state index contributed by atoms with van der Waals surface area (Å²) >= 11 is 1.55. The summed E-state index contributed by atoms with van der Waals surface area (Å²) < 4.78 is 0. The second-order valence-corrected chi connectivity index (χ2v) is 11.1. The van der Waals surface area contributed by atoms with Gasteiger partial charge in [-0.2, -0.15) is 0 Å². The molecule has 1 saturated heterocycles.